The average molecular weight is 480 g/mol. The van der Waals surface area contributed by atoms with Crippen molar-refractivity contribution in [3.63, 3.8) is 0 Å². The van der Waals surface area contributed by atoms with Crippen molar-refractivity contribution < 1.29 is 14.3 Å². The van der Waals surface area contributed by atoms with E-state index in [9.17, 15) is 9.59 Å². The molecule has 2 N–H and O–H groups in total. The first kappa shape index (κ1) is 21.2. The lowest BCUT2D eigenvalue weighted by molar-refractivity contribution is -0.123. The Morgan fingerprint density at radius 3 is 2.26 bits per heavy atom. The molecule has 0 aromatic heterocycles. The van der Waals surface area contributed by atoms with Gasteiger partial charge in [0, 0.05) is 5.56 Å². The SMILES string of the molecule is COc1ccc(C(=O)NNC(=O)C(C)c2ccc(CC(C)C)cc2)cc1I. The number of hydrazine groups is 1. The van der Waals surface area contributed by atoms with Crippen molar-refractivity contribution in [3.8, 4) is 5.75 Å². The van der Waals surface area contributed by atoms with Crippen molar-refractivity contribution in [2.75, 3.05) is 7.11 Å². The standard InChI is InChI=1S/C21H25IN2O3/c1-13(2)11-15-5-7-16(8-6-15)14(3)20(25)23-24-21(26)17-9-10-19(27-4)18(22)12-17/h5-10,12-14H,11H2,1-4H3,(H,23,25)(H,24,26). The molecule has 0 bridgehead atoms. The van der Waals surface area contributed by atoms with Gasteiger partial charge in [-0.25, -0.2) is 0 Å². The van der Waals surface area contributed by atoms with Crippen LogP contribution in [0.1, 0.15) is 48.2 Å². The third-order valence-electron chi connectivity index (χ3n) is 4.23. The maximum atomic E-state index is 12.4. The molecule has 2 amide bonds. The van der Waals surface area contributed by atoms with Gasteiger partial charge in [0.1, 0.15) is 5.75 Å². The molecule has 0 radical (unpaired) electrons. The molecule has 0 spiro atoms. The predicted molar refractivity (Wildman–Crippen MR) is 115 cm³/mol. The van der Waals surface area contributed by atoms with E-state index in [1.165, 1.54) is 5.56 Å². The second kappa shape index (κ2) is 9.73. The van der Waals surface area contributed by atoms with Crippen LogP contribution in [-0.2, 0) is 11.2 Å². The number of halogens is 1. The van der Waals surface area contributed by atoms with Crippen LogP contribution in [-0.4, -0.2) is 18.9 Å². The molecule has 0 fully saturated rings. The normalized spacial score (nSPS) is 11.8. The van der Waals surface area contributed by atoms with Crippen molar-refractivity contribution >= 4 is 34.4 Å². The summed E-state index contributed by atoms with van der Waals surface area (Å²) in [6, 6.07) is 13.1. The van der Waals surface area contributed by atoms with Crippen LogP contribution in [0, 0.1) is 9.49 Å². The van der Waals surface area contributed by atoms with Crippen LogP contribution < -0.4 is 15.6 Å². The molecule has 5 nitrogen and oxygen atoms in total. The number of carbonyl (C=O) groups excluding carboxylic acids is 2. The molecule has 1 unspecified atom stereocenters. The molecule has 0 heterocycles. The smallest absolute Gasteiger partial charge is 0.269 e. The van der Waals surface area contributed by atoms with E-state index in [1.807, 2.05) is 19.1 Å². The van der Waals surface area contributed by atoms with Crippen LogP contribution >= 0.6 is 22.6 Å². The second-order valence-corrected chi connectivity index (χ2v) is 8.02. The lowest BCUT2D eigenvalue weighted by Gasteiger charge is -2.14. The Morgan fingerprint density at radius 2 is 1.70 bits per heavy atom. The summed E-state index contributed by atoms with van der Waals surface area (Å²) in [6.07, 6.45) is 1.01. The fraction of sp³-hybridized carbons (Fsp3) is 0.333. The second-order valence-electron chi connectivity index (χ2n) is 6.85. The van der Waals surface area contributed by atoms with Crippen LogP contribution in [0.4, 0.5) is 0 Å². The first-order valence-corrected chi connectivity index (χ1v) is 9.92. The first-order chi connectivity index (χ1) is 12.8. The van der Waals surface area contributed by atoms with Gasteiger partial charge in [-0.2, -0.15) is 0 Å². The molecule has 0 aliphatic heterocycles. The van der Waals surface area contributed by atoms with E-state index in [0.717, 1.165) is 15.6 Å². The Labute approximate surface area is 174 Å². The summed E-state index contributed by atoms with van der Waals surface area (Å²) in [7, 11) is 1.58. The maximum Gasteiger partial charge on any atom is 0.269 e. The van der Waals surface area contributed by atoms with E-state index in [0.29, 0.717) is 17.2 Å². The van der Waals surface area contributed by atoms with Crippen molar-refractivity contribution in [1.29, 1.82) is 0 Å². The molecule has 2 aromatic rings. The van der Waals surface area contributed by atoms with Gasteiger partial charge in [-0.1, -0.05) is 38.1 Å². The van der Waals surface area contributed by atoms with Crippen molar-refractivity contribution in [2.45, 2.75) is 33.1 Å². The van der Waals surface area contributed by atoms with Gasteiger partial charge < -0.3 is 4.74 Å². The molecule has 0 saturated carbocycles. The van der Waals surface area contributed by atoms with Gasteiger partial charge in [0.25, 0.3) is 5.91 Å². The number of methoxy groups -OCH3 is 1. The van der Waals surface area contributed by atoms with Gasteiger partial charge in [0.15, 0.2) is 0 Å². The number of hydrogen-bond acceptors (Lipinski definition) is 3. The number of hydrogen-bond donors (Lipinski definition) is 2. The fourth-order valence-electron chi connectivity index (χ4n) is 2.67. The molecular weight excluding hydrogens is 455 g/mol. The Hall–Kier alpha value is -2.09. The molecule has 144 valence electrons. The average Bonchev–Trinajstić information content (AvgIpc) is 2.65. The number of carbonyl (C=O) groups is 2. The van der Waals surface area contributed by atoms with Gasteiger partial charge in [-0.05, 0) is 71.2 Å². The highest BCUT2D eigenvalue weighted by molar-refractivity contribution is 14.1. The fourth-order valence-corrected chi connectivity index (χ4v) is 3.41. The summed E-state index contributed by atoms with van der Waals surface area (Å²) in [5.74, 6) is 0.291. The van der Waals surface area contributed by atoms with Gasteiger partial charge in [-0.3, -0.25) is 20.4 Å². The summed E-state index contributed by atoms with van der Waals surface area (Å²) in [5, 5.41) is 0. The van der Waals surface area contributed by atoms with Crippen molar-refractivity contribution in [1.82, 2.24) is 10.9 Å². The monoisotopic (exact) mass is 480 g/mol. The highest BCUT2D eigenvalue weighted by atomic mass is 127. The van der Waals surface area contributed by atoms with E-state index in [4.69, 9.17) is 4.74 Å². The Bertz CT molecular complexity index is 804. The van der Waals surface area contributed by atoms with Crippen LogP contribution in [0.3, 0.4) is 0 Å². The third-order valence-corrected chi connectivity index (χ3v) is 5.07. The minimum Gasteiger partial charge on any atom is -0.496 e. The molecule has 2 rings (SSSR count). The number of benzene rings is 2. The lowest BCUT2D eigenvalue weighted by atomic mass is 9.96. The molecule has 6 heteroatoms. The largest absolute Gasteiger partial charge is 0.496 e. The summed E-state index contributed by atoms with van der Waals surface area (Å²) < 4.78 is 6.00. The number of amides is 2. The van der Waals surface area contributed by atoms with Crippen molar-refractivity contribution in [2.24, 2.45) is 5.92 Å². The molecule has 0 aliphatic rings. The van der Waals surface area contributed by atoms with Gasteiger partial charge in [0.05, 0.1) is 16.6 Å². The molecule has 0 saturated heterocycles. The van der Waals surface area contributed by atoms with Crippen LogP contribution in [0.15, 0.2) is 42.5 Å². The van der Waals surface area contributed by atoms with E-state index >= 15 is 0 Å². The topological polar surface area (TPSA) is 67.4 Å². The van der Waals surface area contributed by atoms with E-state index in [-0.39, 0.29) is 17.7 Å². The van der Waals surface area contributed by atoms with Crippen LogP contribution in [0.5, 0.6) is 5.75 Å². The highest BCUT2D eigenvalue weighted by Crippen LogP contribution is 2.21. The van der Waals surface area contributed by atoms with Gasteiger partial charge in [-0.15, -0.1) is 0 Å². The predicted octanol–water partition coefficient (Wildman–Crippen LogP) is 4.06. The van der Waals surface area contributed by atoms with E-state index < -0.39 is 0 Å². The molecule has 1 atom stereocenters. The van der Waals surface area contributed by atoms with Crippen LogP contribution in [0.25, 0.3) is 0 Å². The number of nitrogens with one attached hydrogen (secondary N) is 2. The van der Waals surface area contributed by atoms with Crippen molar-refractivity contribution in [3.05, 3.63) is 62.7 Å². The summed E-state index contributed by atoms with van der Waals surface area (Å²) in [5.41, 5.74) is 7.58. The summed E-state index contributed by atoms with van der Waals surface area (Å²) in [4.78, 5) is 24.6. The molecule has 2 aromatic carbocycles. The quantitative estimate of drug-likeness (QED) is 0.484. The van der Waals surface area contributed by atoms with Crippen LogP contribution in [0.2, 0.25) is 0 Å². The number of ether oxygens (including phenoxy) is 1. The molecular formula is C21H25IN2O3. The minimum atomic E-state index is -0.372. The maximum absolute atomic E-state index is 12.4. The summed E-state index contributed by atoms with van der Waals surface area (Å²) in [6.45, 7) is 6.17. The zero-order valence-corrected chi connectivity index (χ0v) is 18.2. The Morgan fingerprint density at radius 1 is 1.04 bits per heavy atom. The Kier molecular flexibility index (Phi) is 7.65. The summed E-state index contributed by atoms with van der Waals surface area (Å²) >= 11 is 2.10. The van der Waals surface area contributed by atoms with Gasteiger partial charge >= 0.3 is 0 Å². The number of rotatable bonds is 6. The first-order valence-electron chi connectivity index (χ1n) is 8.84. The lowest BCUT2D eigenvalue weighted by Crippen LogP contribution is -2.43. The zero-order valence-electron chi connectivity index (χ0n) is 16.0. The third kappa shape index (κ3) is 5.95. The molecule has 0 aliphatic carbocycles. The minimum absolute atomic E-state index is 0.261. The van der Waals surface area contributed by atoms with Gasteiger partial charge in [0.2, 0.25) is 5.91 Å². The molecule has 27 heavy (non-hydrogen) atoms. The zero-order chi connectivity index (χ0) is 20.0. The Balaban J connectivity index is 1.94. The highest BCUT2D eigenvalue weighted by Gasteiger charge is 2.17. The van der Waals surface area contributed by atoms with E-state index in [1.54, 1.807) is 25.3 Å². The van der Waals surface area contributed by atoms with E-state index in [2.05, 4.69) is 59.4 Å².